The number of hydrogen-bond acceptors (Lipinski definition) is 4. The molecule has 1 aromatic rings. The van der Waals surface area contributed by atoms with Gasteiger partial charge in [-0.05, 0) is 32.3 Å². The quantitative estimate of drug-likeness (QED) is 0.838. The van der Waals surface area contributed by atoms with Crippen molar-refractivity contribution in [1.82, 2.24) is 4.37 Å². The van der Waals surface area contributed by atoms with Crippen LogP contribution in [0.1, 0.15) is 29.9 Å². The largest absolute Gasteiger partial charge is 0.478 e. The Labute approximate surface area is 104 Å². The second-order valence-electron chi connectivity index (χ2n) is 3.87. The van der Waals surface area contributed by atoms with Gasteiger partial charge in [-0.1, -0.05) is 5.57 Å². The molecule has 0 spiro atoms. The van der Waals surface area contributed by atoms with Gasteiger partial charge in [-0.2, -0.15) is 4.37 Å². The van der Waals surface area contributed by atoms with Crippen LogP contribution in [-0.4, -0.2) is 28.4 Å². The monoisotopic (exact) mass is 254 g/mol. The molecule has 92 valence electrons. The predicted octanol–water partition coefficient (Wildman–Crippen LogP) is 2.08. The second-order valence-corrected chi connectivity index (χ2v) is 4.62. The number of aromatic carboxylic acids is 1. The second kappa shape index (κ2) is 5.09. The maximum absolute atomic E-state index is 11.8. The summed E-state index contributed by atoms with van der Waals surface area (Å²) in [4.78, 5) is 24.1. The molecule has 1 amide bonds. The SMILES string of the molecule is CC(C)=CC(=O)N(C)c1snc(C)c1C(=O)O. The van der Waals surface area contributed by atoms with Gasteiger partial charge in [0.15, 0.2) is 0 Å². The summed E-state index contributed by atoms with van der Waals surface area (Å²) < 4.78 is 3.97. The van der Waals surface area contributed by atoms with Gasteiger partial charge in [0.1, 0.15) is 10.6 Å². The molecule has 0 aliphatic rings. The summed E-state index contributed by atoms with van der Waals surface area (Å²) in [5.41, 5.74) is 1.38. The maximum Gasteiger partial charge on any atom is 0.340 e. The number of rotatable bonds is 3. The molecule has 0 aliphatic carbocycles. The summed E-state index contributed by atoms with van der Waals surface area (Å²) in [6.45, 7) is 5.23. The molecule has 1 aromatic heterocycles. The number of aromatic nitrogens is 1. The number of hydrogen-bond donors (Lipinski definition) is 1. The van der Waals surface area contributed by atoms with Crippen LogP contribution in [-0.2, 0) is 4.79 Å². The predicted molar refractivity (Wildman–Crippen MR) is 66.7 cm³/mol. The first kappa shape index (κ1) is 13.4. The third kappa shape index (κ3) is 2.91. The molecule has 0 aromatic carbocycles. The van der Waals surface area contributed by atoms with Gasteiger partial charge in [0.05, 0.1) is 5.69 Å². The topological polar surface area (TPSA) is 70.5 Å². The number of carbonyl (C=O) groups excluding carboxylic acids is 1. The highest BCUT2D eigenvalue weighted by molar-refractivity contribution is 7.11. The fourth-order valence-electron chi connectivity index (χ4n) is 1.28. The van der Waals surface area contributed by atoms with E-state index < -0.39 is 5.97 Å². The minimum absolute atomic E-state index is 0.0907. The van der Waals surface area contributed by atoms with Crippen molar-refractivity contribution in [3.8, 4) is 0 Å². The Bertz CT molecular complexity index is 487. The van der Waals surface area contributed by atoms with Crippen molar-refractivity contribution in [1.29, 1.82) is 0 Å². The van der Waals surface area contributed by atoms with Crippen LogP contribution in [0.25, 0.3) is 0 Å². The van der Waals surface area contributed by atoms with Crippen molar-refractivity contribution >= 4 is 28.4 Å². The van der Waals surface area contributed by atoms with Crippen LogP contribution in [0, 0.1) is 6.92 Å². The van der Waals surface area contributed by atoms with Crippen LogP contribution in [0.3, 0.4) is 0 Å². The molecule has 1 N–H and O–H groups in total. The molecular weight excluding hydrogens is 240 g/mol. The van der Waals surface area contributed by atoms with Gasteiger partial charge < -0.3 is 10.0 Å². The van der Waals surface area contributed by atoms with Gasteiger partial charge in [0, 0.05) is 13.1 Å². The molecule has 5 nitrogen and oxygen atoms in total. The first-order valence-corrected chi connectivity index (χ1v) is 5.74. The number of aryl methyl sites for hydroxylation is 1. The molecule has 6 heteroatoms. The molecule has 0 radical (unpaired) electrons. The highest BCUT2D eigenvalue weighted by atomic mass is 32.1. The van der Waals surface area contributed by atoms with E-state index in [-0.39, 0.29) is 11.5 Å². The molecule has 0 fully saturated rings. The van der Waals surface area contributed by atoms with Gasteiger partial charge in [0.2, 0.25) is 0 Å². The lowest BCUT2D eigenvalue weighted by molar-refractivity contribution is -0.113. The molecule has 0 atom stereocenters. The summed E-state index contributed by atoms with van der Waals surface area (Å²) in [6, 6.07) is 0. The number of carboxylic acids is 1. The van der Waals surface area contributed by atoms with Crippen molar-refractivity contribution < 1.29 is 14.7 Å². The highest BCUT2D eigenvalue weighted by Gasteiger charge is 2.22. The first-order valence-electron chi connectivity index (χ1n) is 4.96. The Balaban J connectivity index is 3.13. The average molecular weight is 254 g/mol. The van der Waals surface area contributed by atoms with E-state index in [0.717, 1.165) is 17.1 Å². The Morgan fingerprint density at radius 1 is 1.41 bits per heavy atom. The lowest BCUT2D eigenvalue weighted by atomic mass is 10.2. The molecular formula is C11H14N2O3S. The third-order valence-corrected chi connectivity index (χ3v) is 3.12. The van der Waals surface area contributed by atoms with Crippen LogP contribution in [0.15, 0.2) is 11.6 Å². The van der Waals surface area contributed by atoms with Crippen molar-refractivity contribution in [2.45, 2.75) is 20.8 Å². The fourth-order valence-corrected chi connectivity index (χ4v) is 2.13. The molecule has 1 rings (SSSR count). The third-order valence-electron chi connectivity index (χ3n) is 2.11. The first-order chi connectivity index (χ1) is 7.84. The number of nitrogens with zero attached hydrogens (tertiary/aromatic N) is 2. The van der Waals surface area contributed by atoms with E-state index in [9.17, 15) is 9.59 Å². The molecule has 0 aliphatic heterocycles. The summed E-state index contributed by atoms with van der Waals surface area (Å²) >= 11 is 1.01. The van der Waals surface area contributed by atoms with E-state index in [2.05, 4.69) is 4.37 Å². The van der Waals surface area contributed by atoms with Crippen LogP contribution in [0.5, 0.6) is 0 Å². The highest BCUT2D eigenvalue weighted by Crippen LogP contribution is 2.27. The van der Waals surface area contributed by atoms with E-state index in [1.165, 1.54) is 11.0 Å². The Morgan fingerprint density at radius 3 is 2.47 bits per heavy atom. The van der Waals surface area contributed by atoms with Crippen LogP contribution in [0.2, 0.25) is 0 Å². The van der Waals surface area contributed by atoms with E-state index in [1.54, 1.807) is 14.0 Å². The minimum Gasteiger partial charge on any atom is -0.478 e. The zero-order valence-corrected chi connectivity index (χ0v) is 11.0. The molecule has 0 unspecified atom stereocenters. The van der Waals surface area contributed by atoms with Gasteiger partial charge in [-0.25, -0.2) is 4.79 Å². The summed E-state index contributed by atoms with van der Waals surface area (Å²) in [7, 11) is 1.54. The number of allylic oxidation sites excluding steroid dienone is 1. The summed E-state index contributed by atoms with van der Waals surface area (Å²) in [5, 5.41) is 9.42. The van der Waals surface area contributed by atoms with E-state index in [4.69, 9.17) is 5.11 Å². The van der Waals surface area contributed by atoms with E-state index >= 15 is 0 Å². The van der Waals surface area contributed by atoms with E-state index in [1.807, 2.05) is 13.8 Å². The van der Waals surface area contributed by atoms with Crippen molar-refractivity contribution in [3.63, 3.8) is 0 Å². The van der Waals surface area contributed by atoms with Crippen molar-refractivity contribution in [2.24, 2.45) is 0 Å². The maximum atomic E-state index is 11.8. The van der Waals surface area contributed by atoms with Crippen molar-refractivity contribution in [3.05, 3.63) is 22.9 Å². The van der Waals surface area contributed by atoms with Crippen LogP contribution in [0.4, 0.5) is 5.00 Å². The smallest absolute Gasteiger partial charge is 0.340 e. The number of amides is 1. The normalized spacial score (nSPS) is 9.88. The summed E-state index contributed by atoms with van der Waals surface area (Å²) in [5.74, 6) is -1.32. The lowest BCUT2D eigenvalue weighted by Crippen LogP contribution is -2.25. The Kier molecular flexibility index (Phi) is 4.01. The van der Waals surface area contributed by atoms with Gasteiger partial charge >= 0.3 is 5.97 Å². The molecule has 1 heterocycles. The zero-order chi connectivity index (χ0) is 13.2. The average Bonchev–Trinajstić information content (AvgIpc) is 2.57. The number of carboxylic acid groups (broad SMARTS) is 1. The minimum atomic E-state index is -1.07. The Hall–Kier alpha value is -1.69. The molecule has 0 bridgehead atoms. The number of anilines is 1. The standard InChI is InChI=1S/C11H14N2O3S/c1-6(2)5-8(14)13(4)10-9(11(15)16)7(3)12-17-10/h5H,1-4H3,(H,15,16). The lowest BCUT2D eigenvalue weighted by Gasteiger charge is -2.13. The number of carbonyl (C=O) groups is 2. The number of likely N-dealkylation sites (N-methyl/N-ethyl adjacent to an activating group) is 1. The van der Waals surface area contributed by atoms with Crippen molar-refractivity contribution in [2.75, 3.05) is 11.9 Å². The van der Waals surface area contributed by atoms with E-state index in [0.29, 0.717) is 10.7 Å². The van der Waals surface area contributed by atoms with Gasteiger partial charge in [0.25, 0.3) is 5.91 Å². The van der Waals surface area contributed by atoms with Gasteiger partial charge in [-0.3, -0.25) is 4.79 Å². The van der Waals surface area contributed by atoms with Gasteiger partial charge in [-0.15, -0.1) is 0 Å². The fraction of sp³-hybridized carbons (Fsp3) is 0.364. The molecule has 0 saturated heterocycles. The molecule has 17 heavy (non-hydrogen) atoms. The van der Waals surface area contributed by atoms with Crippen LogP contribution < -0.4 is 4.90 Å². The molecule has 0 saturated carbocycles. The summed E-state index contributed by atoms with van der Waals surface area (Å²) in [6.07, 6.45) is 1.46. The zero-order valence-electron chi connectivity index (χ0n) is 10.1. The Morgan fingerprint density at radius 2 is 2.00 bits per heavy atom. The van der Waals surface area contributed by atoms with Crippen LogP contribution >= 0.6 is 11.5 Å².